The number of ether oxygens (including phenoxy) is 2. The summed E-state index contributed by atoms with van der Waals surface area (Å²) in [5.41, 5.74) is 9.33. The number of unbranched alkanes of at least 4 members (excludes halogenated alkanes) is 1. The van der Waals surface area contributed by atoms with Gasteiger partial charge in [0.1, 0.15) is 17.0 Å². The van der Waals surface area contributed by atoms with E-state index in [1.54, 1.807) is 14.2 Å². The molecule has 1 aliphatic rings. The van der Waals surface area contributed by atoms with Gasteiger partial charge in [-0.1, -0.05) is 13.3 Å². The van der Waals surface area contributed by atoms with Gasteiger partial charge < -0.3 is 30.7 Å². The first-order valence-electron chi connectivity index (χ1n) is 11.1. The maximum atomic E-state index is 5.92. The lowest BCUT2D eigenvalue weighted by atomic mass is 10.1. The van der Waals surface area contributed by atoms with Crippen molar-refractivity contribution < 1.29 is 9.47 Å². The first kappa shape index (κ1) is 21.9. The van der Waals surface area contributed by atoms with E-state index >= 15 is 0 Å². The van der Waals surface area contributed by atoms with Crippen LogP contribution in [0.4, 0.5) is 17.5 Å². The van der Waals surface area contributed by atoms with Crippen LogP contribution in [0.15, 0.2) is 18.3 Å². The molecule has 172 valence electrons. The van der Waals surface area contributed by atoms with Crippen molar-refractivity contribution in [3.63, 3.8) is 0 Å². The third kappa shape index (κ3) is 4.64. The zero-order chi connectivity index (χ0) is 22.5. The fraction of sp³-hybridized carbons (Fsp3) is 0.500. The number of nitrogen functional groups attached to an aromatic ring is 1. The van der Waals surface area contributed by atoms with Crippen LogP contribution in [0.3, 0.4) is 0 Å². The van der Waals surface area contributed by atoms with Gasteiger partial charge in [0.05, 0.1) is 32.5 Å². The number of fused-ring (bicyclic) bond motifs is 1. The van der Waals surface area contributed by atoms with Crippen molar-refractivity contribution in [2.45, 2.75) is 26.3 Å². The quantitative estimate of drug-likeness (QED) is 0.430. The minimum absolute atomic E-state index is 0.228. The molecule has 4 rings (SSSR count). The Hall–Kier alpha value is -3.27. The average Bonchev–Trinajstić information content (AvgIpc) is 3.22. The lowest BCUT2D eigenvalue weighted by Crippen LogP contribution is -2.43. The number of hydrogen-bond donors (Lipinski definition) is 3. The van der Waals surface area contributed by atoms with E-state index in [4.69, 9.17) is 20.3 Å². The number of anilines is 3. The van der Waals surface area contributed by atoms with Crippen LogP contribution < -0.4 is 30.7 Å². The molecule has 10 nitrogen and oxygen atoms in total. The molecular weight excluding hydrogens is 408 g/mol. The highest BCUT2D eigenvalue weighted by molar-refractivity contribution is 5.85. The van der Waals surface area contributed by atoms with Gasteiger partial charge in [0.2, 0.25) is 5.95 Å². The summed E-state index contributed by atoms with van der Waals surface area (Å²) in [6.45, 7) is 7.25. The van der Waals surface area contributed by atoms with Gasteiger partial charge in [0.25, 0.3) is 0 Å². The Labute approximate surface area is 188 Å². The normalized spacial score (nSPS) is 14.0. The molecule has 3 aromatic rings. The molecule has 0 bridgehead atoms. The molecular formula is C22H32N8O2. The van der Waals surface area contributed by atoms with E-state index < -0.39 is 0 Å². The van der Waals surface area contributed by atoms with Gasteiger partial charge in [0, 0.05) is 50.5 Å². The summed E-state index contributed by atoms with van der Waals surface area (Å²) >= 11 is 0. The summed E-state index contributed by atoms with van der Waals surface area (Å²) in [7, 11) is 3.36. The summed E-state index contributed by atoms with van der Waals surface area (Å²) in [4.78, 5) is 11.0. The topological polar surface area (TPSA) is 115 Å². The lowest BCUT2D eigenvalue weighted by molar-refractivity contribution is 0.381. The van der Waals surface area contributed by atoms with Crippen LogP contribution in [-0.4, -0.2) is 66.7 Å². The molecule has 4 N–H and O–H groups in total. The first-order valence-corrected chi connectivity index (χ1v) is 11.1. The molecule has 10 heteroatoms. The van der Waals surface area contributed by atoms with Crippen molar-refractivity contribution in [1.82, 2.24) is 25.1 Å². The van der Waals surface area contributed by atoms with E-state index in [0.29, 0.717) is 23.4 Å². The number of aromatic nitrogens is 4. The monoisotopic (exact) mass is 440 g/mol. The maximum absolute atomic E-state index is 5.92. The summed E-state index contributed by atoms with van der Waals surface area (Å²) in [6, 6.07) is 4.14. The fourth-order valence-electron chi connectivity index (χ4n) is 3.96. The zero-order valence-electron chi connectivity index (χ0n) is 19.0. The van der Waals surface area contributed by atoms with Gasteiger partial charge in [-0.05, 0) is 6.42 Å². The van der Waals surface area contributed by atoms with Crippen LogP contribution in [0.5, 0.6) is 11.5 Å². The third-order valence-electron chi connectivity index (χ3n) is 5.65. The van der Waals surface area contributed by atoms with E-state index in [0.717, 1.165) is 68.3 Å². The Kier molecular flexibility index (Phi) is 6.79. The van der Waals surface area contributed by atoms with Crippen molar-refractivity contribution >= 4 is 28.5 Å². The highest BCUT2D eigenvalue weighted by atomic mass is 16.5. The highest BCUT2D eigenvalue weighted by Crippen LogP contribution is 2.35. The van der Waals surface area contributed by atoms with Gasteiger partial charge in [-0.2, -0.15) is 10.1 Å². The Bertz CT molecular complexity index is 1040. The number of methoxy groups -OCH3 is 2. The van der Waals surface area contributed by atoms with Gasteiger partial charge in [-0.25, -0.2) is 4.98 Å². The highest BCUT2D eigenvalue weighted by Gasteiger charge is 2.19. The predicted molar refractivity (Wildman–Crippen MR) is 127 cm³/mol. The van der Waals surface area contributed by atoms with Crippen LogP contribution in [0.25, 0.3) is 11.0 Å². The number of rotatable bonds is 9. The second kappa shape index (κ2) is 9.90. The molecule has 0 spiro atoms. The summed E-state index contributed by atoms with van der Waals surface area (Å²) < 4.78 is 13.3. The van der Waals surface area contributed by atoms with Gasteiger partial charge in [-0.15, -0.1) is 0 Å². The Morgan fingerprint density at radius 3 is 2.50 bits per heavy atom. The van der Waals surface area contributed by atoms with E-state index in [2.05, 4.69) is 44.6 Å². The smallest absolute Gasteiger partial charge is 0.222 e. The molecule has 32 heavy (non-hydrogen) atoms. The molecule has 2 aromatic heterocycles. The average molecular weight is 441 g/mol. The largest absolute Gasteiger partial charge is 0.496 e. The standard InChI is InChI=1S/C22H32N8O2/c1-4-5-6-25-21-20-17(26-22(23)27-21)14-30(28-20)13-16-18(31-2)11-15(12-19(16)32-3)29-9-7-24-8-10-29/h11-12,14,24H,4-10,13H2,1-3H3,(H3,23,25,26,27). The van der Waals surface area contributed by atoms with Crippen LogP contribution in [0, 0.1) is 0 Å². The molecule has 1 fully saturated rings. The number of benzene rings is 1. The second-order valence-corrected chi connectivity index (χ2v) is 7.84. The van der Waals surface area contributed by atoms with Crippen molar-refractivity contribution in [3.05, 3.63) is 23.9 Å². The number of hydrogen-bond acceptors (Lipinski definition) is 9. The fourth-order valence-corrected chi connectivity index (χ4v) is 3.96. The van der Waals surface area contributed by atoms with Crippen LogP contribution in [0.1, 0.15) is 25.3 Å². The van der Waals surface area contributed by atoms with Crippen LogP contribution in [-0.2, 0) is 6.54 Å². The molecule has 0 saturated carbocycles. The van der Waals surface area contributed by atoms with Crippen molar-refractivity contribution in [3.8, 4) is 11.5 Å². The number of nitrogens with zero attached hydrogens (tertiary/aromatic N) is 5. The second-order valence-electron chi connectivity index (χ2n) is 7.84. The number of nitrogens with one attached hydrogen (secondary N) is 2. The molecule has 1 aliphatic heterocycles. The predicted octanol–water partition coefficient (Wildman–Crippen LogP) is 2.10. The lowest BCUT2D eigenvalue weighted by Gasteiger charge is -2.30. The zero-order valence-corrected chi connectivity index (χ0v) is 19.0. The van der Waals surface area contributed by atoms with Gasteiger partial charge in [-0.3, -0.25) is 4.68 Å². The molecule has 1 aromatic carbocycles. The van der Waals surface area contributed by atoms with Crippen LogP contribution >= 0.6 is 0 Å². The first-order chi connectivity index (χ1) is 15.6. The van der Waals surface area contributed by atoms with E-state index in [-0.39, 0.29) is 5.95 Å². The van der Waals surface area contributed by atoms with Crippen molar-refractivity contribution in [2.24, 2.45) is 0 Å². The summed E-state index contributed by atoms with van der Waals surface area (Å²) in [6.07, 6.45) is 4.01. The summed E-state index contributed by atoms with van der Waals surface area (Å²) in [5.74, 6) is 2.42. The van der Waals surface area contributed by atoms with E-state index in [1.807, 2.05) is 10.9 Å². The Morgan fingerprint density at radius 1 is 1.12 bits per heavy atom. The third-order valence-corrected chi connectivity index (χ3v) is 5.65. The molecule has 1 saturated heterocycles. The minimum Gasteiger partial charge on any atom is -0.496 e. The molecule has 0 atom stereocenters. The molecule has 0 amide bonds. The van der Waals surface area contributed by atoms with Crippen molar-refractivity contribution in [2.75, 3.05) is 62.9 Å². The number of piperazine rings is 1. The molecule has 0 radical (unpaired) electrons. The van der Waals surface area contributed by atoms with Gasteiger partial charge >= 0.3 is 0 Å². The molecule has 3 heterocycles. The minimum atomic E-state index is 0.228. The van der Waals surface area contributed by atoms with Gasteiger partial charge in [0.15, 0.2) is 11.3 Å². The Balaban J connectivity index is 1.66. The SMILES string of the molecule is CCCCNc1nc(N)nc2cn(Cc3c(OC)cc(N4CCNCC4)cc3OC)nc12. The molecule has 0 unspecified atom stereocenters. The van der Waals surface area contributed by atoms with Crippen molar-refractivity contribution in [1.29, 1.82) is 0 Å². The Morgan fingerprint density at radius 2 is 1.84 bits per heavy atom. The summed E-state index contributed by atoms with van der Waals surface area (Å²) in [5, 5.41) is 11.4. The van der Waals surface area contributed by atoms with E-state index in [9.17, 15) is 0 Å². The van der Waals surface area contributed by atoms with Crippen LogP contribution in [0.2, 0.25) is 0 Å². The molecule has 0 aliphatic carbocycles. The number of nitrogens with two attached hydrogens (primary N) is 1. The van der Waals surface area contributed by atoms with E-state index in [1.165, 1.54) is 0 Å². The maximum Gasteiger partial charge on any atom is 0.222 e.